The molecule has 5 nitrogen and oxygen atoms in total. The van der Waals surface area contributed by atoms with Gasteiger partial charge in [0.05, 0.1) is 5.92 Å². The highest BCUT2D eigenvalue weighted by molar-refractivity contribution is 5.91. The first-order valence-corrected chi connectivity index (χ1v) is 7.37. The number of hydrogen-bond acceptors (Lipinski definition) is 2. The maximum atomic E-state index is 12.5. The number of rotatable bonds is 3. The lowest BCUT2D eigenvalue weighted by Gasteiger charge is -2.33. The molecule has 1 N–H and O–H groups in total. The lowest BCUT2D eigenvalue weighted by Crippen LogP contribution is -2.47. The van der Waals surface area contributed by atoms with Gasteiger partial charge in [0.2, 0.25) is 0 Å². The number of nitrogens with zero attached hydrogens (tertiary/aromatic N) is 2. The van der Waals surface area contributed by atoms with E-state index in [1.54, 1.807) is 16.8 Å². The monoisotopic (exact) mass is 290 g/mol. The highest BCUT2D eigenvalue weighted by atomic mass is 16.4. The fourth-order valence-electron chi connectivity index (χ4n) is 2.63. The van der Waals surface area contributed by atoms with E-state index in [2.05, 4.69) is 6.92 Å². The quantitative estimate of drug-likeness (QED) is 0.930. The average Bonchev–Trinajstić information content (AvgIpc) is 2.53. The van der Waals surface area contributed by atoms with Crippen molar-refractivity contribution in [3.8, 4) is 0 Å². The van der Waals surface area contributed by atoms with Crippen LogP contribution in [0.1, 0.15) is 25.3 Å². The molecule has 0 saturated carbocycles. The molecular weight excluding hydrogens is 268 g/mol. The van der Waals surface area contributed by atoms with E-state index in [9.17, 15) is 9.59 Å². The summed E-state index contributed by atoms with van der Waals surface area (Å²) in [5, 5.41) is 9.10. The molecule has 1 aliphatic heterocycles. The Kier molecular flexibility index (Phi) is 4.83. The van der Waals surface area contributed by atoms with Gasteiger partial charge in [0, 0.05) is 25.8 Å². The molecule has 1 atom stereocenters. The highest BCUT2D eigenvalue weighted by Gasteiger charge is 2.29. The van der Waals surface area contributed by atoms with E-state index in [1.807, 2.05) is 24.3 Å². The van der Waals surface area contributed by atoms with Gasteiger partial charge in [-0.1, -0.05) is 19.1 Å². The van der Waals surface area contributed by atoms with Gasteiger partial charge in [-0.25, -0.2) is 4.79 Å². The van der Waals surface area contributed by atoms with Crippen molar-refractivity contribution in [1.82, 2.24) is 4.90 Å². The minimum Gasteiger partial charge on any atom is -0.481 e. The lowest BCUT2D eigenvalue weighted by molar-refractivity contribution is -0.143. The van der Waals surface area contributed by atoms with E-state index in [0.29, 0.717) is 19.5 Å². The van der Waals surface area contributed by atoms with Crippen LogP contribution in [0.4, 0.5) is 10.5 Å². The Morgan fingerprint density at radius 1 is 1.33 bits per heavy atom. The summed E-state index contributed by atoms with van der Waals surface area (Å²) in [6.07, 6.45) is 2.35. The van der Waals surface area contributed by atoms with Crippen molar-refractivity contribution < 1.29 is 14.7 Å². The van der Waals surface area contributed by atoms with Crippen molar-refractivity contribution in [3.63, 3.8) is 0 Å². The summed E-state index contributed by atoms with van der Waals surface area (Å²) in [6.45, 7) is 3.01. The van der Waals surface area contributed by atoms with Gasteiger partial charge < -0.3 is 10.0 Å². The summed E-state index contributed by atoms with van der Waals surface area (Å²) in [4.78, 5) is 26.8. The Morgan fingerprint density at radius 2 is 2.00 bits per heavy atom. The zero-order valence-corrected chi connectivity index (χ0v) is 12.6. The zero-order chi connectivity index (χ0) is 15.4. The lowest BCUT2D eigenvalue weighted by atomic mass is 9.98. The second-order valence-electron chi connectivity index (χ2n) is 5.48. The number of benzene rings is 1. The SMILES string of the molecule is CCc1ccc(N(C)C(=O)N2CCC[C@@H](C(=O)O)C2)cc1. The van der Waals surface area contributed by atoms with Gasteiger partial charge in [-0.15, -0.1) is 0 Å². The van der Waals surface area contributed by atoms with Crippen LogP contribution in [0.5, 0.6) is 0 Å². The van der Waals surface area contributed by atoms with Gasteiger partial charge in [-0.2, -0.15) is 0 Å². The molecule has 0 aliphatic carbocycles. The minimum absolute atomic E-state index is 0.134. The first-order chi connectivity index (χ1) is 10.0. The molecule has 1 aromatic rings. The molecule has 114 valence electrons. The molecule has 2 amide bonds. The predicted octanol–water partition coefficient (Wildman–Crippen LogP) is 2.60. The van der Waals surface area contributed by atoms with Crippen LogP contribution >= 0.6 is 0 Å². The Morgan fingerprint density at radius 3 is 2.57 bits per heavy atom. The third-order valence-electron chi connectivity index (χ3n) is 4.06. The molecule has 1 saturated heterocycles. The van der Waals surface area contributed by atoms with Gasteiger partial charge in [-0.3, -0.25) is 9.69 Å². The van der Waals surface area contributed by atoms with Gasteiger partial charge >= 0.3 is 12.0 Å². The third kappa shape index (κ3) is 3.54. The zero-order valence-electron chi connectivity index (χ0n) is 12.6. The van der Waals surface area contributed by atoms with Crippen molar-refractivity contribution in [1.29, 1.82) is 0 Å². The number of hydrogen-bond donors (Lipinski definition) is 1. The van der Waals surface area contributed by atoms with Crippen LogP contribution in [0.15, 0.2) is 24.3 Å². The average molecular weight is 290 g/mol. The van der Waals surface area contributed by atoms with Crippen LogP contribution in [0.2, 0.25) is 0 Å². The number of urea groups is 1. The van der Waals surface area contributed by atoms with E-state index in [-0.39, 0.29) is 6.03 Å². The standard InChI is InChI=1S/C16H22N2O3/c1-3-12-6-8-14(9-7-12)17(2)16(21)18-10-4-5-13(11-18)15(19)20/h6-9,13H,3-5,10-11H2,1-2H3,(H,19,20)/t13-/m1/s1. The van der Waals surface area contributed by atoms with E-state index >= 15 is 0 Å². The molecule has 2 rings (SSSR count). The number of carboxylic acids is 1. The van der Waals surface area contributed by atoms with E-state index in [0.717, 1.165) is 18.5 Å². The summed E-state index contributed by atoms with van der Waals surface area (Å²) in [5.74, 6) is -1.26. The van der Waals surface area contributed by atoms with E-state index in [4.69, 9.17) is 5.11 Å². The molecule has 0 bridgehead atoms. The number of carbonyl (C=O) groups excluding carboxylic acids is 1. The number of aliphatic carboxylic acids is 1. The van der Waals surface area contributed by atoms with Crippen LogP contribution in [-0.4, -0.2) is 42.1 Å². The predicted molar refractivity (Wildman–Crippen MR) is 81.6 cm³/mol. The van der Waals surface area contributed by atoms with Crippen molar-refractivity contribution in [2.45, 2.75) is 26.2 Å². The first kappa shape index (κ1) is 15.4. The molecule has 0 spiro atoms. The van der Waals surface area contributed by atoms with Crippen LogP contribution in [0, 0.1) is 5.92 Å². The molecule has 1 fully saturated rings. The number of amides is 2. The van der Waals surface area contributed by atoms with Crippen LogP contribution in [-0.2, 0) is 11.2 Å². The van der Waals surface area contributed by atoms with Crippen molar-refractivity contribution >= 4 is 17.7 Å². The summed E-state index contributed by atoms with van der Waals surface area (Å²) < 4.78 is 0. The van der Waals surface area contributed by atoms with Gasteiger partial charge in [-0.05, 0) is 37.0 Å². The molecule has 0 radical (unpaired) electrons. The number of carboxylic acid groups (broad SMARTS) is 1. The second-order valence-corrected chi connectivity index (χ2v) is 5.48. The van der Waals surface area contributed by atoms with E-state index in [1.165, 1.54) is 5.56 Å². The van der Waals surface area contributed by atoms with Crippen molar-refractivity contribution in [2.75, 3.05) is 25.0 Å². The largest absolute Gasteiger partial charge is 0.481 e. The summed E-state index contributed by atoms with van der Waals surface area (Å²) >= 11 is 0. The number of piperidine rings is 1. The van der Waals surface area contributed by atoms with Gasteiger partial charge in [0.25, 0.3) is 0 Å². The number of likely N-dealkylation sites (tertiary alicyclic amines) is 1. The first-order valence-electron chi connectivity index (χ1n) is 7.37. The van der Waals surface area contributed by atoms with Crippen LogP contribution in [0.25, 0.3) is 0 Å². The molecule has 1 heterocycles. The Hall–Kier alpha value is -2.04. The Bertz CT molecular complexity index is 513. The highest BCUT2D eigenvalue weighted by Crippen LogP contribution is 2.21. The van der Waals surface area contributed by atoms with Gasteiger partial charge in [0.1, 0.15) is 0 Å². The summed E-state index contributed by atoms with van der Waals surface area (Å²) in [7, 11) is 1.73. The topological polar surface area (TPSA) is 60.9 Å². The number of aryl methyl sites for hydroxylation is 1. The molecular formula is C16H22N2O3. The minimum atomic E-state index is -0.817. The normalized spacial score (nSPS) is 18.4. The molecule has 0 unspecified atom stereocenters. The summed E-state index contributed by atoms with van der Waals surface area (Å²) in [5.41, 5.74) is 2.05. The van der Waals surface area contributed by atoms with Gasteiger partial charge in [0.15, 0.2) is 0 Å². The van der Waals surface area contributed by atoms with E-state index < -0.39 is 11.9 Å². The van der Waals surface area contributed by atoms with Crippen LogP contribution < -0.4 is 4.90 Å². The second kappa shape index (κ2) is 6.61. The molecule has 1 aliphatic rings. The fraction of sp³-hybridized carbons (Fsp3) is 0.500. The number of anilines is 1. The molecule has 5 heteroatoms. The van der Waals surface area contributed by atoms with Crippen molar-refractivity contribution in [2.24, 2.45) is 5.92 Å². The number of carbonyl (C=O) groups is 2. The maximum Gasteiger partial charge on any atom is 0.324 e. The third-order valence-corrected chi connectivity index (χ3v) is 4.06. The molecule has 21 heavy (non-hydrogen) atoms. The molecule has 1 aromatic carbocycles. The Balaban J connectivity index is 2.05. The smallest absolute Gasteiger partial charge is 0.324 e. The summed E-state index contributed by atoms with van der Waals surface area (Å²) in [6, 6.07) is 7.74. The van der Waals surface area contributed by atoms with Crippen LogP contribution in [0.3, 0.4) is 0 Å². The Labute approximate surface area is 125 Å². The fourth-order valence-corrected chi connectivity index (χ4v) is 2.63. The molecule has 0 aromatic heterocycles. The maximum absolute atomic E-state index is 12.5. The van der Waals surface area contributed by atoms with Crippen molar-refractivity contribution in [3.05, 3.63) is 29.8 Å².